The second-order valence-corrected chi connectivity index (χ2v) is 12.7. The van der Waals surface area contributed by atoms with Gasteiger partial charge in [0.05, 0.1) is 25.4 Å². The maximum absolute atomic E-state index is 13.4. The lowest BCUT2D eigenvalue weighted by Gasteiger charge is -2.28. The Bertz CT molecular complexity index is 1470. The van der Waals surface area contributed by atoms with Crippen molar-refractivity contribution in [2.75, 3.05) is 32.8 Å². The topological polar surface area (TPSA) is 389 Å². The number of benzene rings is 1. The minimum atomic E-state index is -1.57. The molecule has 0 aliphatic rings. The fourth-order valence-corrected chi connectivity index (χ4v) is 5.00. The minimum absolute atomic E-state index is 0.00474. The fraction of sp³-hybridized carbons (Fsp3) is 0.606. The normalized spacial score (nSPS) is 15.2. The number of hydrogen-bond donors (Lipinski definition) is 12. The van der Waals surface area contributed by atoms with Crippen LogP contribution in [0.25, 0.3) is 0 Å². The zero-order valence-corrected chi connectivity index (χ0v) is 30.9. The third-order valence-electron chi connectivity index (χ3n) is 8.32. The monoisotopic (exact) mass is 795 g/mol. The molecule has 0 fully saturated rings. The number of amides is 7. The quantitative estimate of drug-likeness (QED) is 0.0279. The number of nitroso groups, excluding NO2 is 2. The lowest BCUT2D eigenvalue weighted by molar-refractivity contribution is -0.134. The Balaban J connectivity index is 3.11. The van der Waals surface area contributed by atoms with Crippen molar-refractivity contribution in [3.05, 3.63) is 45.7 Å². The number of primary amides is 1. The Kier molecular flexibility index (Phi) is 23.0. The summed E-state index contributed by atoms with van der Waals surface area (Å²) in [5, 5.41) is 49.1. The van der Waals surface area contributed by atoms with E-state index in [1.807, 2.05) is 0 Å². The van der Waals surface area contributed by atoms with Gasteiger partial charge in [-0.25, -0.2) is 0 Å². The Labute approximate surface area is 322 Å². The number of aliphatic hydroxyl groups excluding tert-OH is 3. The van der Waals surface area contributed by atoms with Crippen molar-refractivity contribution in [1.82, 2.24) is 31.9 Å². The number of carbonyl (C=O) groups is 7. The highest BCUT2D eigenvalue weighted by molar-refractivity contribution is 5.95. The van der Waals surface area contributed by atoms with Gasteiger partial charge in [-0.1, -0.05) is 35.5 Å². The average Bonchev–Trinajstić information content (AvgIpc) is 3.18. The second kappa shape index (κ2) is 26.5. The molecule has 1 aromatic carbocycles. The molecule has 7 amide bonds. The van der Waals surface area contributed by atoms with E-state index in [0.717, 1.165) is 0 Å². The zero-order valence-electron chi connectivity index (χ0n) is 30.9. The fourth-order valence-electron chi connectivity index (χ4n) is 5.00. The van der Waals surface area contributed by atoms with Crippen LogP contribution in [0, 0.1) is 9.81 Å². The highest BCUT2D eigenvalue weighted by Crippen LogP contribution is 2.07. The van der Waals surface area contributed by atoms with Crippen molar-refractivity contribution < 1.29 is 48.9 Å². The van der Waals surface area contributed by atoms with Crippen LogP contribution in [0.2, 0.25) is 0 Å². The van der Waals surface area contributed by atoms with Gasteiger partial charge >= 0.3 is 0 Å². The maximum atomic E-state index is 13.4. The molecular weight excluding hydrogens is 742 g/mol. The van der Waals surface area contributed by atoms with Gasteiger partial charge in [-0.2, -0.15) is 4.91 Å². The van der Waals surface area contributed by atoms with Crippen LogP contribution in [0.4, 0.5) is 0 Å². The largest absolute Gasteiger partial charge is 0.394 e. The summed E-state index contributed by atoms with van der Waals surface area (Å²) in [5.41, 5.74) is 17.2. The molecule has 1 aromatic rings. The van der Waals surface area contributed by atoms with E-state index in [2.05, 4.69) is 42.3 Å². The van der Waals surface area contributed by atoms with Gasteiger partial charge in [0.15, 0.2) is 0 Å². The van der Waals surface area contributed by atoms with Crippen molar-refractivity contribution in [2.24, 2.45) is 27.6 Å². The summed E-state index contributed by atoms with van der Waals surface area (Å²) in [6, 6.07) is -1.05. The van der Waals surface area contributed by atoms with E-state index in [9.17, 15) is 58.7 Å². The number of carbonyl (C=O) groups excluding carboxylic acids is 7. The van der Waals surface area contributed by atoms with Gasteiger partial charge in [-0.15, -0.1) is 4.91 Å². The van der Waals surface area contributed by atoms with E-state index < -0.39 is 129 Å². The summed E-state index contributed by atoms with van der Waals surface area (Å²) in [6.07, 6.45) is -1.51. The van der Waals surface area contributed by atoms with E-state index in [1.54, 1.807) is 30.3 Å². The first-order valence-corrected chi connectivity index (χ1v) is 17.7. The van der Waals surface area contributed by atoms with Gasteiger partial charge in [0.25, 0.3) is 5.91 Å². The van der Waals surface area contributed by atoms with Crippen LogP contribution in [0.15, 0.2) is 40.7 Å². The van der Waals surface area contributed by atoms with Gasteiger partial charge in [0, 0.05) is 24.6 Å². The van der Waals surface area contributed by atoms with Gasteiger partial charge < -0.3 is 64.4 Å². The highest BCUT2D eigenvalue weighted by Gasteiger charge is 2.32. The maximum Gasteiger partial charge on any atom is 0.286 e. The number of rotatable bonds is 28. The van der Waals surface area contributed by atoms with E-state index >= 15 is 0 Å². The summed E-state index contributed by atoms with van der Waals surface area (Å²) in [4.78, 5) is 111. The van der Waals surface area contributed by atoms with Gasteiger partial charge in [-0.3, -0.25) is 33.6 Å². The van der Waals surface area contributed by atoms with Crippen LogP contribution in [0.3, 0.4) is 0 Å². The molecule has 0 saturated carbocycles. The smallest absolute Gasteiger partial charge is 0.286 e. The molecule has 0 heterocycles. The molecule has 1 rings (SSSR count). The SMILES string of the molecule is CC(O)[C@@H](CN[C@@H](CN=O)C(=O)N[C@@H](CCCCN)C(=O)N[C@@H](CO)C(=O)N[C@@H](Cc1ccccc1)C(N)=O)NC(=O)[C@H](CCC(=O)N=O)NC(=O)[C@@H](N)CO. The Morgan fingerprint density at radius 1 is 0.732 bits per heavy atom. The molecule has 1 unspecified atom stereocenters. The summed E-state index contributed by atoms with van der Waals surface area (Å²) in [7, 11) is 0. The molecule has 0 aliphatic heterocycles. The number of aliphatic hydroxyl groups is 3. The molecule has 0 bridgehead atoms. The van der Waals surface area contributed by atoms with Crippen molar-refractivity contribution in [2.45, 2.75) is 93.8 Å². The highest BCUT2D eigenvalue weighted by atomic mass is 16.3. The predicted octanol–water partition coefficient (Wildman–Crippen LogP) is -5.24. The van der Waals surface area contributed by atoms with Crippen LogP contribution in [-0.4, -0.2) is 138 Å². The van der Waals surface area contributed by atoms with Crippen molar-refractivity contribution in [3.63, 3.8) is 0 Å². The van der Waals surface area contributed by atoms with Crippen LogP contribution in [0.5, 0.6) is 0 Å². The Hall–Kier alpha value is -5.33. The van der Waals surface area contributed by atoms with Gasteiger partial charge in [0.1, 0.15) is 42.8 Å². The van der Waals surface area contributed by atoms with Crippen molar-refractivity contribution in [3.8, 4) is 0 Å². The zero-order chi connectivity index (χ0) is 42.2. The number of nitrogens with zero attached hydrogens (tertiary/aromatic N) is 2. The third-order valence-corrected chi connectivity index (χ3v) is 8.32. The molecule has 0 spiro atoms. The number of hydrogen-bond acceptors (Lipinski definition) is 16. The number of unbranched alkanes of at least 4 members (excludes halogenated alkanes) is 1. The number of nitrogens with two attached hydrogens (primary N) is 3. The standard InChI is InChI=1S/C33H53N11O12/c1-18(47)24(42-31(52)22(10-11-27(48)44-56)39-29(50)20(35)16-45)14-37-25(15-38-55)32(53)40-21(9-5-6-12-34)30(51)43-26(17-46)33(54)41-23(28(36)49)13-19-7-3-2-4-8-19/h2-4,7-8,18,20-26,37,45-47H,5-6,9-17,34-35H2,1H3,(H2,36,49)(H,39,50)(H,40,53)(H,41,54)(H,42,52)(H,43,51)/t18?,20-,21-,22-,23-,24+,25-,26-/m0/s1. The Morgan fingerprint density at radius 2 is 1.29 bits per heavy atom. The Morgan fingerprint density at radius 3 is 1.84 bits per heavy atom. The predicted molar refractivity (Wildman–Crippen MR) is 198 cm³/mol. The molecule has 0 saturated heterocycles. The minimum Gasteiger partial charge on any atom is -0.394 e. The van der Waals surface area contributed by atoms with Crippen molar-refractivity contribution >= 4 is 41.4 Å². The molecule has 0 aliphatic carbocycles. The lowest BCUT2D eigenvalue weighted by Crippen LogP contribution is -2.60. The van der Waals surface area contributed by atoms with E-state index in [-0.39, 0.29) is 19.4 Å². The van der Waals surface area contributed by atoms with E-state index in [4.69, 9.17) is 17.2 Å². The molecule has 56 heavy (non-hydrogen) atoms. The number of nitrogens with one attached hydrogen (secondary N) is 6. The van der Waals surface area contributed by atoms with E-state index in [1.165, 1.54) is 6.92 Å². The van der Waals surface area contributed by atoms with Gasteiger partial charge in [0.2, 0.25) is 35.4 Å². The van der Waals surface area contributed by atoms with Crippen molar-refractivity contribution in [1.29, 1.82) is 0 Å². The summed E-state index contributed by atoms with van der Waals surface area (Å²) in [6.45, 7) is -1.25. The summed E-state index contributed by atoms with van der Waals surface area (Å²) >= 11 is 0. The molecule has 23 heteroatoms. The molecule has 15 N–H and O–H groups in total. The second-order valence-electron chi connectivity index (χ2n) is 12.7. The lowest BCUT2D eigenvalue weighted by atomic mass is 10.0. The molecule has 8 atom stereocenters. The van der Waals surface area contributed by atoms with Crippen LogP contribution < -0.4 is 49.1 Å². The van der Waals surface area contributed by atoms with E-state index in [0.29, 0.717) is 18.4 Å². The third kappa shape index (κ3) is 17.9. The summed E-state index contributed by atoms with van der Waals surface area (Å²) in [5.74, 6) is -6.68. The summed E-state index contributed by atoms with van der Waals surface area (Å²) < 4.78 is 0. The van der Waals surface area contributed by atoms with Crippen LogP contribution in [-0.2, 0) is 40.0 Å². The molecule has 23 nitrogen and oxygen atoms in total. The molecule has 0 aromatic heterocycles. The van der Waals surface area contributed by atoms with Crippen LogP contribution >= 0.6 is 0 Å². The van der Waals surface area contributed by atoms with Gasteiger partial charge in [-0.05, 0) is 44.7 Å². The average molecular weight is 796 g/mol. The first-order chi connectivity index (χ1) is 26.6. The first-order valence-electron chi connectivity index (χ1n) is 17.7. The van der Waals surface area contributed by atoms with Crippen LogP contribution in [0.1, 0.15) is 44.6 Å². The first kappa shape index (κ1) is 48.7. The molecule has 312 valence electrons. The molecule has 0 radical (unpaired) electrons. The molecular formula is C33H53N11O12.